The van der Waals surface area contributed by atoms with Crippen LogP contribution in [0, 0.1) is 0 Å². The molecule has 1 aromatic carbocycles. The smallest absolute Gasteiger partial charge is 0.0759 e. The Morgan fingerprint density at radius 1 is 1.29 bits per heavy atom. The van der Waals surface area contributed by atoms with Crippen LogP contribution in [0.4, 0.5) is 0 Å². The average Bonchev–Trinajstić information content (AvgIpc) is 2.70. The molecule has 1 fully saturated rings. The van der Waals surface area contributed by atoms with Crippen molar-refractivity contribution >= 4 is 22.0 Å². The van der Waals surface area contributed by atoms with Crippen LogP contribution >= 0.6 is 15.9 Å². The van der Waals surface area contributed by atoms with Gasteiger partial charge in [0.1, 0.15) is 0 Å². The first-order valence-electron chi connectivity index (χ1n) is 4.90. The van der Waals surface area contributed by atoms with Gasteiger partial charge in [0.15, 0.2) is 0 Å². The van der Waals surface area contributed by atoms with Crippen LogP contribution in [0.2, 0.25) is 0 Å². The molecule has 0 radical (unpaired) electrons. The molecule has 1 aromatic rings. The first-order chi connectivity index (χ1) is 6.84. The Labute approximate surface area is 92.9 Å². The Balaban J connectivity index is 1.99. The van der Waals surface area contributed by atoms with E-state index < -0.39 is 0 Å². The highest BCUT2D eigenvalue weighted by Crippen LogP contribution is 2.16. The summed E-state index contributed by atoms with van der Waals surface area (Å²) in [4.78, 5) is 0. The minimum absolute atomic E-state index is 0.332. The number of halogens is 1. The summed E-state index contributed by atoms with van der Waals surface area (Å²) in [7, 11) is 0. The molecule has 1 aliphatic rings. The zero-order valence-electron chi connectivity index (χ0n) is 7.95. The lowest BCUT2D eigenvalue weighted by atomic mass is 10.1. The summed E-state index contributed by atoms with van der Waals surface area (Å²) >= 11 is 3.41. The van der Waals surface area contributed by atoms with Crippen molar-refractivity contribution < 1.29 is 4.74 Å². The van der Waals surface area contributed by atoms with Crippen molar-refractivity contribution in [1.29, 1.82) is 0 Å². The maximum Gasteiger partial charge on any atom is 0.0759 e. The lowest BCUT2D eigenvalue weighted by molar-refractivity contribution is 0.146. The molecule has 0 aromatic heterocycles. The van der Waals surface area contributed by atoms with Crippen molar-refractivity contribution in [3.05, 3.63) is 40.4 Å². The van der Waals surface area contributed by atoms with Gasteiger partial charge in [-0.15, -0.1) is 0 Å². The Morgan fingerprint density at radius 3 is 2.71 bits per heavy atom. The molecule has 2 rings (SSSR count). The van der Waals surface area contributed by atoms with Gasteiger partial charge in [-0.1, -0.05) is 40.2 Å². The van der Waals surface area contributed by atoms with E-state index in [1.807, 2.05) is 0 Å². The number of hydrogen-bond acceptors (Lipinski definition) is 1. The monoisotopic (exact) mass is 252 g/mol. The van der Waals surface area contributed by atoms with E-state index in [0.29, 0.717) is 6.10 Å². The number of rotatable bonds is 2. The predicted molar refractivity (Wildman–Crippen MR) is 62.2 cm³/mol. The third-order valence-electron chi connectivity index (χ3n) is 2.34. The zero-order valence-corrected chi connectivity index (χ0v) is 9.53. The first-order valence-corrected chi connectivity index (χ1v) is 5.69. The number of hydrogen-bond donors (Lipinski definition) is 0. The lowest BCUT2D eigenvalue weighted by Gasteiger charge is -2.01. The van der Waals surface area contributed by atoms with Crippen molar-refractivity contribution in [2.75, 3.05) is 6.61 Å². The molecule has 0 spiro atoms. The van der Waals surface area contributed by atoms with E-state index >= 15 is 0 Å². The van der Waals surface area contributed by atoms with Crippen LogP contribution < -0.4 is 0 Å². The van der Waals surface area contributed by atoms with Crippen molar-refractivity contribution in [3.8, 4) is 0 Å². The Morgan fingerprint density at radius 2 is 2.07 bits per heavy atom. The van der Waals surface area contributed by atoms with Crippen molar-refractivity contribution in [2.24, 2.45) is 0 Å². The molecule has 0 aliphatic carbocycles. The fourth-order valence-electron chi connectivity index (χ4n) is 1.55. The van der Waals surface area contributed by atoms with Gasteiger partial charge in [0, 0.05) is 11.1 Å². The van der Waals surface area contributed by atoms with Gasteiger partial charge in [-0.3, -0.25) is 0 Å². The van der Waals surface area contributed by atoms with Gasteiger partial charge >= 0.3 is 0 Å². The van der Waals surface area contributed by atoms with Crippen molar-refractivity contribution in [2.45, 2.75) is 18.9 Å². The Hall–Kier alpha value is -0.600. The number of benzene rings is 1. The highest BCUT2D eigenvalue weighted by Gasteiger charge is 2.10. The van der Waals surface area contributed by atoms with E-state index in [1.54, 1.807) is 0 Å². The van der Waals surface area contributed by atoms with E-state index in [0.717, 1.165) is 17.5 Å². The molecule has 1 heterocycles. The van der Waals surface area contributed by atoms with E-state index in [2.05, 4.69) is 52.3 Å². The molecule has 14 heavy (non-hydrogen) atoms. The highest BCUT2D eigenvalue weighted by atomic mass is 79.9. The van der Waals surface area contributed by atoms with Crippen LogP contribution in [0.1, 0.15) is 18.4 Å². The van der Waals surface area contributed by atoms with Gasteiger partial charge in [-0.2, -0.15) is 0 Å². The molecule has 1 aliphatic heterocycles. The van der Waals surface area contributed by atoms with Crippen LogP contribution in [0.3, 0.4) is 0 Å². The van der Waals surface area contributed by atoms with E-state index in [1.165, 1.54) is 12.0 Å². The molecule has 0 bridgehead atoms. The van der Waals surface area contributed by atoms with Crippen LogP contribution in [0.25, 0.3) is 6.08 Å². The van der Waals surface area contributed by atoms with Crippen LogP contribution in [0.5, 0.6) is 0 Å². The molecule has 1 unspecified atom stereocenters. The van der Waals surface area contributed by atoms with Crippen molar-refractivity contribution in [1.82, 2.24) is 0 Å². The SMILES string of the molecule is Brc1ccc(/C=C\C2CCCO2)cc1. The molecular weight excluding hydrogens is 240 g/mol. The van der Waals surface area contributed by atoms with Gasteiger partial charge in [0.25, 0.3) is 0 Å². The van der Waals surface area contributed by atoms with Gasteiger partial charge in [0.2, 0.25) is 0 Å². The fraction of sp³-hybridized carbons (Fsp3) is 0.333. The summed E-state index contributed by atoms with van der Waals surface area (Å²) in [5.74, 6) is 0. The third-order valence-corrected chi connectivity index (χ3v) is 2.87. The summed E-state index contributed by atoms with van der Waals surface area (Å²) in [5, 5.41) is 0. The second kappa shape index (κ2) is 4.76. The molecule has 2 heteroatoms. The normalized spacial score (nSPS) is 21.9. The molecule has 1 saturated heterocycles. The summed E-state index contributed by atoms with van der Waals surface area (Å²) < 4.78 is 6.62. The molecule has 0 N–H and O–H groups in total. The maximum atomic E-state index is 5.50. The summed E-state index contributed by atoms with van der Waals surface area (Å²) in [6.07, 6.45) is 6.96. The van der Waals surface area contributed by atoms with Crippen LogP contribution in [0.15, 0.2) is 34.8 Å². The zero-order chi connectivity index (χ0) is 9.80. The van der Waals surface area contributed by atoms with Gasteiger partial charge in [-0.25, -0.2) is 0 Å². The van der Waals surface area contributed by atoms with Gasteiger partial charge in [-0.05, 0) is 30.5 Å². The maximum absolute atomic E-state index is 5.50. The Bertz CT molecular complexity index is 310. The standard InChI is InChI=1S/C12H13BrO/c13-11-6-3-10(4-7-11)5-8-12-2-1-9-14-12/h3-8,12H,1-2,9H2/b8-5-. The fourth-order valence-corrected chi connectivity index (χ4v) is 1.81. The third kappa shape index (κ3) is 2.69. The summed E-state index contributed by atoms with van der Waals surface area (Å²) in [5.41, 5.74) is 1.23. The van der Waals surface area contributed by atoms with Crippen molar-refractivity contribution in [3.63, 3.8) is 0 Å². The van der Waals surface area contributed by atoms with Crippen LogP contribution in [-0.2, 0) is 4.74 Å². The minimum atomic E-state index is 0.332. The number of ether oxygens (including phenoxy) is 1. The summed E-state index contributed by atoms with van der Waals surface area (Å²) in [6.45, 7) is 0.912. The second-order valence-corrected chi connectivity index (χ2v) is 4.38. The van der Waals surface area contributed by atoms with Gasteiger partial charge in [0.05, 0.1) is 6.10 Å². The first kappa shape index (κ1) is 9.94. The minimum Gasteiger partial charge on any atom is -0.374 e. The molecule has 1 atom stereocenters. The molecule has 0 saturated carbocycles. The lowest BCUT2D eigenvalue weighted by Crippen LogP contribution is -1.98. The van der Waals surface area contributed by atoms with Crippen LogP contribution in [-0.4, -0.2) is 12.7 Å². The molecule has 1 nitrogen and oxygen atoms in total. The second-order valence-electron chi connectivity index (χ2n) is 3.46. The van der Waals surface area contributed by atoms with E-state index in [-0.39, 0.29) is 0 Å². The largest absolute Gasteiger partial charge is 0.374 e. The van der Waals surface area contributed by atoms with E-state index in [4.69, 9.17) is 4.74 Å². The van der Waals surface area contributed by atoms with Gasteiger partial charge < -0.3 is 4.74 Å². The molecule has 74 valence electrons. The Kier molecular flexibility index (Phi) is 3.38. The highest BCUT2D eigenvalue weighted by molar-refractivity contribution is 9.10. The average molecular weight is 253 g/mol. The van der Waals surface area contributed by atoms with E-state index in [9.17, 15) is 0 Å². The molecule has 0 amide bonds. The molecular formula is C12H13BrO. The predicted octanol–water partition coefficient (Wildman–Crippen LogP) is 3.64. The quantitative estimate of drug-likeness (QED) is 0.781. The topological polar surface area (TPSA) is 9.23 Å². The summed E-state index contributed by atoms with van der Waals surface area (Å²) in [6, 6.07) is 8.29.